The molecule has 0 aliphatic rings. The van der Waals surface area contributed by atoms with Crippen LogP contribution >= 0.6 is 0 Å². The molecule has 19 heavy (non-hydrogen) atoms. The second kappa shape index (κ2) is 6.28. The van der Waals surface area contributed by atoms with Gasteiger partial charge in [0.2, 0.25) is 0 Å². The third kappa shape index (κ3) is 3.75. The molecule has 2 nitrogen and oxygen atoms in total. The number of anilines is 1. The molecule has 2 heteroatoms. The van der Waals surface area contributed by atoms with Gasteiger partial charge in [-0.2, -0.15) is 0 Å². The van der Waals surface area contributed by atoms with Gasteiger partial charge in [-0.1, -0.05) is 35.9 Å². The summed E-state index contributed by atoms with van der Waals surface area (Å²) in [6.45, 7) is 7.75. The zero-order valence-corrected chi connectivity index (χ0v) is 11.9. The zero-order valence-electron chi connectivity index (χ0n) is 11.9. The molecule has 0 saturated heterocycles. The van der Waals surface area contributed by atoms with Crippen LogP contribution in [-0.4, -0.2) is 13.2 Å². The van der Waals surface area contributed by atoms with Crippen molar-refractivity contribution in [2.75, 3.05) is 18.5 Å². The molecule has 0 fully saturated rings. The van der Waals surface area contributed by atoms with E-state index in [0.29, 0.717) is 6.61 Å². The van der Waals surface area contributed by atoms with Crippen LogP contribution in [0.5, 0.6) is 5.75 Å². The van der Waals surface area contributed by atoms with Gasteiger partial charge in [-0.3, -0.25) is 0 Å². The summed E-state index contributed by atoms with van der Waals surface area (Å²) in [5, 5.41) is 3.39. The topological polar surface area (TPSA) is 21.3 Å². The molecular weight excluding hydrogens is 234 g/mol. The first-order valence-electron chi connectivity index (χ1n) is 6.66. The SMILES string of the molecule is Cc1ccc(OCCNc2ccccc2C)c(C)c1. The van der Waals surface area contributed by atoms with Crippen molar-refractivity contribution in [2.45, 2.75) is 20.8 Å². The van der Waals surface area contributed by atoms with Crippen LogP contribution in [-0.2, 0) is 0 Å². The third-order valence-electron chi connectivity index (χ3n) is 3.15. The molecule has 0 spiro atoms. The van der Waals surface area contributed by atoms with Crippen LogP contribution in [0.1, 0.15) is 16.7 Å². The summed E-state index contributed by atoms with van der Waals surface area (Å²) in [6.07, 6.45) is 0. The Morgan fingerprint density at radius 3 is 2.47 bits per heavy atom. The van der Waals surface area contributed by atoms with Crippen molar-refractivity contribution in [1.82, 2.24) is 0 Å². The van der Waals surface area contributed by atoms with Gasteiger partial charge < -0.3 is 10.1 Å². The monoisotopic (exact) mass is 255 g/mol. The first kappa shape index (κ1) is 13.5. The Morgan fingerprint density at radius 2 is 1.74 bits per heavy atom. The fraction of sp³-hybridized carbons (Fsp3) is 0.294. The lowest BCUT2D eigenvalue weighted by Crippen LogP contribution is -2.12. The van der Waals surface area contributed by atoms with E-state index in [9.17, 15) is 0 Å². The van der Waals surface area contributed by atoms with Crippen LogP contribution in [0.15, 0.2) is 42.5 Å². The first-order valence-corrected chi connectivity index (χ1v) is 6.66. The maximum atomic E-state index is 5.79. The predicted molar refractivity (Wildman–Crippen MR) is 81.1 cm³/mol. The van der Waals surface area contributed by atoms with E-state index in [1.165, 1.54) is 22.4 Å². The van der Waals surface area contributed by atoms with Crippen LogP contribution < -0.4 is 10.1 Å². The van der Waals surface area contributed by atoms with Gasteiger partial charge >= 0.3 is 0 Å². The number of rotatable bonds is 5. The van der Waals surface area contributed by atoms with E-state index in [0.717, 1.165) is 12.3 Å². The Balaban J connectivity index is 1.83. The van der Waals surface area contributed by atoms with Crippen molar-refractivity contribution in [3.63, 3.8) is 0 Å². The normalized spacial score (nSPS) is 10.3. The maximum Gasteiger partial charge on any atom is 0.122 e. The summed E-state index contributed by atoms with van der Waals surface area (Å²) in [6, 6.07) is 14.5. The van der Waals surface area contributed by atoms with E-state index in [1.807, 2.05) is 18.2 Å². The van der Waals surface area contributed by atoms with E-state index in [1.54, 1.807) is 0 Å². The lowest BCUT2D eigenvalue weighted by atomic mass is 10.1. The van der Waals surface area contributed by atoms with Crippen molar-refractivity contribution in [2.24, 2.45) is 0 Å². The molecule has 0 atom stereocenters. The average molecular weight is 255 g/mol. The number of ether oxygens (including phenoxy) is 1. The highest BCUT2D eigenvalue weighted by molar-refractivity contribution is 5.50. The summed E-state index contributed by atoms with van der Waals surface area (Å²) in [4.78, 5) is 0. The Labute approximate surface area is 115 Å². The molecule has 0 amide bonds. The average Bonchev–Trinajstić information content (AvgIpc) is 2.38. The number of aryl methyl sites for hydroxylation is 3. The van der Waals surface area contributed by atoms with Crippen LogP contribution in [0.3, 0.4) is 0 Å². The highest BCUT2D eigenvalue weighted by Crippen LogP contribution is 2.18. The molecular formula is C17H21NO. The fourth-order valence-corrected chi connectivity index (χ4v) is 2.08. The zero-order chi connectivity index (χ0) is 13.7. The van der Waals surface area contributed by atoms with E-state index in [-0.39, 0.29) is 0 Å². The molecule has 0 bridgehead atoms. The van der Waals surface area contributed by atoms with Crippen molar-refractivity contribution >= 4 is 5.69 Å². The molecule has 0 saturated carbocycles. The number of benzene rings is 2. The number of hydrogen-bond donors (Lipinski definition) is 1. The van der Waals surface area contributed by atoms with E-state index < -0.39 is 0 Å². The molecule has 2 aromatic carbocycles. The van der Waals surface area contributed by atoms with Crippen LogP contribution in [0.4, 0.5) is 5.69 Å². The predicted octanol–water partition coefficient (Wildman–Crippen LogP) is 4.10. The third-order valence-corrected chi connectivity index (χ3v) is 3.15. The van der Waals surface area contributed by atoms with Gasteiger partial charge in [0.1, 0.15) is 12.4 Å². The molecule has 0 radical (unpaired) electrons. The summed E-state index contributed by atoms with van der Waals surface area (Å²) in [7, 11) is 0. The second-order valence-corrected chi connectivity index (χ2v) is 4.86. The standard InChI is InChI=1S/C17H21NO/c1-13-8-9-17(15(3)12-13)19-11-10-18-16-7-5-4-6-14(16)2/h4-9,12,18H,10-11H2,1-3H3. The Hall–Kier alpha value is -1.96. The van der Waals surface area contributed by atoms with Gasteiger partial charge in [0.15, 0.2) is 0 Å². The van der Waals surface area contributed by atoms with E-state index in [4.69, 9.17) is 4.74 Å². The van der Waals surface area contributed by atoms with Gasteiger partial charge in [0, 0.05) is 12.2 Å². The first-order chi connectivity index (χ1) is 9.16. The van der Waals surface area contributed by atoms with Crippen molar-refractivity contribution in [3.05, 3.63) is 59.2 Å². The van der Waals surface area contributed by atoms with Crippen molar-refractivity contribution < 1.29 is 4.74 Å². The minimum Gasteiger partial charge on any atom is -0.491 e. The highest BCUT2D eigenvalue weighted by atomic mass is 16.5. The molecule has 0 aliphatic heterocycles. The molecule has 2 rings (SSSR count). The molecule has 0 aliphatic carbocycles. The van der Waals surface area contributed by atoms with Crippen molar-refractivity contribution in [3.8, 4) is 5.75 Å². The van der Waals surface area contributed by atoms with Gasteiger partial charge in [-0.25, -0.2) is 0 Å². The summed E-state index contributed by atoms with van der Waals surface area (Å²) < 4.78 is 5.79. The number of nitrogens with one attached hydrogen (secondary N) is 1. The van der Waals surface area contributed by atoms with Crippen LogP contribution in [0.2, 0.25) is 0 Å². The van der Waals surface area contributed by atoms with Crippen molar-refractivity contribution in [1.29, 1.82) is 0 Å². The summed E-state index contributed by atoms with van der Waals surface area (Å²) in [5.74, 6) is 0.970. The molecule has 0 aromatic heterocycles. The molecule has 0 heterocycles. The Morgan fingerprint density at radius 1 is 0.947 bits per heavy atom. The maximum absolute atomic E-state index is 5.79. The van der Waals surface area contributed by atoms with Gasteiger partial charge in [0.05, 0.1) is 0 Å². The van der Waals surface area contributed by atoms with Gasteiger partial charge in [-0.15, -0.1) is 0 Å². The van der Waals surface area contributed by atoms with Gasteiger partial charge in [-0.05, 0) is 44.0 Å². The summed E-state index contributed by atoms with van der Waals surface area (Å²) in [5.41, 5.74) is 4.89. The fourth-order valence-electron chi connectivity index (χ4n) is 2.08. The molecule has 1 N–H and O–H groups in total. The van der Waals surface area contributed by atoms with Gasteiger partial charge in [0.25, 0.3) is 0 Å². The largest absolute Gasteiger partial charge is 0.491 e. The smallest absolute Gasteiger partial charge is 0.122 e. The lowest BCUT2D eigenvalue weighted by Gasteiger charge is -2.12. The van der Waals surface area contributed by atoms with Crippen LogP contribution in [0.25, 0.3) is 0 Å². The molecule has 0 unspecified atom stereocenters. The second-order valence-electron chi connectivity index (χ2n) is 4.86. The quantitative estimate of drug-likeness (QED) is 0.812. The Kier molecular flexibility index (Phi) is 4.45. The minimum absolute atomic E-state index is 0.665. The van der Waals surface area contributed by atoms with E-state index >= 15 is 0 Å². The molecule has 100 valence electrons. The summed E-state index contributed by atoms with van der Waals surface area (Å²) >= 11 is 0. The highest BCUT2D eigenvalue weighted by Gasteiger charge is 2.00. The Bertz CT molecular complexity index is 549. The minimum atomic E-state index is 0.665. The van der Waals surface area contributed by atoms with E-state index in [2.05, 4.69) is 50.4 Å². The number of para-hydroxylation sites is 1. The lowest BCUT2D eigenvalue weighted by molar-refractivity contribution is 0.330. The van der Waals surface area contributed by atoms with Crippen LogP contribution in [0, 0.1) is 20.8 Å². The molecule has 2 aromatic rings. The number of hydrogen-bond acceptors (Lipinski definition) is 2.